The Hall–Kier alpha value is -3.62. The van der Waals surface area contributed by atoms with Gasteiger partial charge in [-0.05, 0) is 67.8 Å². The SMILES string of the molecule is COc1ccc(NC(=O)N2CCCC2c2noc(COc3ccc(F)cc3)n2)c(C)c1. The van der Waals surface area contributed by atoms with Crippen molar-refractivity contribution in [1.29, 1.82) is 0 Å². The minimum absolute atomic E-state index is 0.0581. The Kier molecular flexibility index (Phi) is 6.01. The number of aryl methyl sites for hydroxylation is 1. The second-order valence-electron chi connectivity index (χ2n) is 7.25. The summed E-state index contributed by atoms with van der Waals surface area (Å²) < 4.78 is 29.0. The van der Waals surface area contributed by atoms with Crippen LogP contribution in [0.1, 0.15) is 36.2 Å². The van der Waals surface area contributed by atoms with E-state index < -0.39 is 0 Å². The molecule has 31 heavy (non-hydrogen) atoms. The van der Waals surface area contributed by atoms with Crippen molar-refractivity contribution in [2.75, 3.05) is 19.0 Å². The van der Waals surface area contributed by atoms with Crippen LogP contribution in [0.5, 0.6) is 11.5 Å². The molecule has 0 bridgehead atoms. The van der Waals surface area contributed by atoms with Gasteiger partial charge in [-0.15, -0.1) is 0 Å². The average Bonchev–Trinajstić information content (AvgIpc) is 3.44. The number of aromatic nitrogens is 2. The van der Waals surface area contributed by atoms with E-state index in [0.717, 1.165) is 29.8 Å². The molecule has 2 amide bonds. The normalized spacial score (nSPS) is 15.7. The van der Waals surface area contributed by atoms with Crippen molar-refractivity contribution in [3.05, 3.63) is 65.6 Å². The molecule has 3 aromatic rings. The van der Waals surface area contributed by atoms with Crippen LogP contribution >= 0.6 is 0 Å². The van der Waals surface area contributed by atoms with Crippen LogP contribution in [-0.2, 0) is 6.61 Å². The van der Waals surface area contributed by atoms with Gasteiger partial charge in [0.2, 0.25) is 0 Å². The summed E-state index contributed by atoms with van der Waals surface area (Å²) in [6.07, 6.45) is 1.59. The molecule has 1 aromatic heterocycles. The maximum absolute atomic E-state index is 13.0. The number of nitrogens with one attached hydrogen (secondary N) is 1. The number of rotatable bonds is 6. The van der Waals surface area contributed by atoms with Gasteiger partial charge in [0.15, 0.2) is 12.4 Å². The lowest BCUT2D eigenvalue weighted by atomic mass is 10.2. The number of ether oxygens (including phenoxy) is 2. The Balaban J connectivity index is 1.40. The zero-order chi connectivity index (χ0) is 21.8. The summed E-state index contributed by atoms with van der Waals surface area (Å²) in [5, 5.41) is 6.99. The third-order valence-corrected chi connectivity index (χ3v) is 5.15. The van der Waals surface area contributed by atoms with Crippen LogP contribution < -0.4 is 14.8 Å². The Morgan fingerprint density at radius 1 is 1.26 bits per heavy atom. The maximum atomic E-state index is 13.0. The van der Waals surface area contributed by atoms with E-state index in [9.17, 15) is 9.18 Å². The van der Waals surface area contributed by atoms with Crippen LogP contribution in [0.2, 0.25) is 0 Å². The Morgan fingerprint density at radius 2 is 2.03 bits per heavy atom. The smallest absolute Gasteiger partial charge is 0.322 e. The van der Waals surface area contributed by atoms with Crippen LogP contribution in [0.25, 0.3) is 0 Å². The van der Waals surface area contributed by atoms with Gasteiger partial charge in [-0.3, -0.25) is 0 Å². The van der Waals surface area contributed by atoms with Gasteiger partial charge in [0.1, 0.15) is 17.3 Å². The standard InChI is InChI=1S/C22H23FN4O4/c1-14-12-17(29-2)9-10-18(14)24-22(28)27-11-3-4-19(27)21-25-20(31-26-21)13-30-16-7-5-15(23)6-8-16/h5-10,12,19H,3-4,11,13H2,1-2H3,(H,24,28). The molecule has 4 rings (SSSR count). The largest absolute Gasteiger partial charge is 0.497 e. The summed E-state index contributed by atoms with van der Waals surface area (Å²) >= 11 is 0. The number of carbonyl (C=O) groups is 1. The second-order valence-corrected chi connectivity index (χ2v) is 7.25. The molecule has 1 fully saturated rings. The summed E-state index contributed by atoms with van der Waals surface area (Å²) in [5.41, 5.74) is 1.63. The average molecular weight is 426 g/mol. The maximum Gasteiger partial charge on any atom is 0.322 e. The van der Waals surface area contributed by atoms with Gasteiger partial charge >= 0.3 is 6.03 Å². The number of hydrogen-bond acceptors (Lipinski definition) is 6. The van der Waals surface area contributed by atoms with Gasteiger partial charge in [0.05, 0.1) is 13.2 Å². The van der Waals surface area contributed by atoms with Crippen molar-refractivity contribution in [2.45, 2.75) is 32.4 Å². The highest BCUT2D eigenvalue weighted by atomic mass is 19.1. The van der Waals surface area contributed by atoms with Crippen molar-refractivity contribution < 1.29 is 23.2 Å². The topological polar surface area (TPSA) is 89.7 Å². The zero-order valence-corrected chi connectivity index (χ0v) is 17.3. The lowest BCUT2D eigenvalue weighted by Gasteiger charge is -2.23. The van der Waals surface area contributed by atoms with E-state index in [2.05, 4.69) is 15.5 Å². The molecule has 1 N–H and O–H groups in total. The molecule has 8 nitrogen and oxygen atoms in total. The second kappa shape index (κ2) is 9.03. The van der Waals surface area contributed by atoms with Crippen LogP contribution in [0.4, 0.5) is 14.9 Å². The quantitative estimate of drug-likeness (QED) is 0.625. The molecule has 0 spiro atoms. The number of urea groups is 1. The van der Waals surface area contributed by atoms with Gasteiger partial charge in [0, 0.05) is 12.2 Å². The number of methoxy groups -OCH3 is 1. The molecule has 9 heteroatoms. The van der Waals surface area contributed by atoms with E-state index >= 15 is 0 Å². The third kappa shape index (κ3) is 4.76. The third-order valence-electron chi connectivity index (χ3n) is 5.15. The van der Waals surface area contributed by atoms with E-state index in [1.807, 2.05) is 19.1 Å². The fourth-order valence-electron chi connectivity index (χ4n) is 3.51. The molecule has 1 atom stereocenters. The molecule has 0 saturated carbocycles. The molecule has 1 aliphatic heterocycles. The minimum Gasteiger partial charge on any atom is -0.497 e. The van der Waals surface area contributed by atoms with Gasteiger partial charge in [-0.1, -0.05) is 5.16 Å². The fourth-order valence-corrected chi connectivity index (χ4v) is 3.51. The van der Waals surface area contributed by atoms with E-state index in [1.165, 1.54) is 24.3 Å². The molecule has 2 heterocycles. The molecular weight excluding hydrogens is 403 g/mol. The number of carbonyl (C=O) groups excluding carboxylic acids is 1. The number of nitrogens with zero attached hydrogens (tertiary/aromatic N) is 3. The van der Waals surface area contributed by atoms with Crippen molar-refractivity contribution in [3.8, 4) is 11.5 Å². The Morgan fingerprint density at radius 3 is 2.77 bits per heavy atom. The van der Waals surface area contributed by atoms with Gasteiger partial charge in [0.25, 0.3) is 5.89 Å². The highest BCUT2D eigenvalue weighted by Gasteiger charge is 2.33. The van der Waals surface area contributed by atoms with Crippen LogP contribution in [0, 0.1) is 12.7 Å². The van der Waals surface area contributed by atoms with Crippen molar-refractivity contribution >= 4 is 11.7 Å². The van der Waals surface area contributed by atoms with Crippen LogP contribution in [-0.4, -0.2) is 34.7 Å². The molecule has 0 aliphatic carbocycles. The molecule has 1 saturated heterocycles. The van der Waals surface area contributed by atoms with Crippen LogP contribution in [0.3, 0.4) is 0 Å². The Labute approximate surface area is 179 Å². The predicted molar refractivity (Wildman–Crippen MR) is 110 cm³/mol. The summed E-state index contributed by atoms with van der Waals surface area (Å²) in [5.74, 6) is 1.63. The van der Waals surface area contributed by atoms with Crippen molar-refractivity contribution in [2.24, 2.45) is 0 Å². The van der Waals surface area contributed by atoms with E-state index in [-0.39, 0.29) is 30.4 Å². The summed E-state index contributed by atoms with van der Waals surface area (Å²) in [6, 6.07) is 10.7. The first kappa shape index (κ1) is 20.6. The molecule has 1 unspecified atom stereocenters. The number of halogens is 1. The number of amides is 2. The van der Waals surface area contributed by atoms with Gasteiger partial charge in [-0.25, -0.2) is 9.18 Å². The lowest BCUT2D eigenvalue weighted by molar-refractivity contribution is 0.203. The number of anilines is 1. The molecule has 0 radical (unpaired) electrons. The molecule has 1 aliphatic rings. The van der Waals surface area contributed by atoms with Crippen LogP contribution in [0.15, 0.2) is 47.0 Å². The number of likely N-dealkylation sites (tertiary alicyclic amines) is 1. The Bertz CT molecular complexity index is 1050. The lowest BCUT2D eigenvalue weighted by Crippen LogP contribution is -2.35. The fraction of sp³-hybridized carbons (Fsp3) is 0.318. The van der Waals surface area contributed by atoms with Gasteiger partial charge in [-0.2, -0.15) is 4.98 Å². The molecule has 2 aromatic carbocycles. The molecule has 162 valence electrons. The first-order valence-electron chi connectivity index (χ1n) is 9.96. The first-order chi connectivity index (χ1) is 15.0. The van der Waals surface area contributed by atoms with E-state index in [0.29, 0.717) is 18.1 Å². The van der Waals surface area contributed by atoms with E-state index in [1.54, 1.807) is 18.1 Å². The van der Waals surface area contributed by atoms with Crippen molar-refractivity contribution in [1.82, 2.24) is 15.0 Å². The summed E-state index contributed by atoms with van der Waals surface area (Å²) in [7, 11) is 1.60. The van der Waals surface area contributed by atoms with Crippen molar-refractivity contribution in [3.63, 3.8) is 0 Å². The van der Waals surface area contributed by atoms with Gasteiger partial charge < -0.3 is 24.2 Å². The summed E-state index contributed by atoms with van der Waals surface area (Å²) in [6.45, 7) is 2.57. The number of benzene rings is 2. The first-order valence-corrected chi connectivity index (χ1v) is 9.96. The monoisotopic (exact) mass is 426 g/mol. The van der Waals surface area contributed by atoms with E-state index in [4.69, 9.17) is 14.0 Å². The molecular formula is C22H23FN4O4. The number of hydrogen-bond donors (Lipinski definition) is 1. The minimum atomic E-state index is -0.336. The summed E-state index contributed by atoms with van der Waals surface area (Å²) in [4.78, 5) is 19.0. The zero-order valence-electron chi connectivity index (χ0n) is 17.3. The highest BCUT2D eigenvalue weighted by molar-refractivity contribution is 5.90. The predicted octanol–water partition coefficient (Wildman–Crippen LogP) is 4.47. The highest BCUT2D eigenvalue weighted by Crippen LogP contribution is 2.31.